The van der Waals surface area contributed by atoms with Gasteiger partial charge in [-0.15, -0.1) is 0 Å². The molecule has 1 unspecified atom stereocenters. The lowest BCUT2D eigenvalue weighted by molar-refractivity contribution is 0.101. The van der Waals surface area contributed by atoms with E-state index in [0.29, 0.717) is 17.2 Å². The Morgan fingerprint density at radius 3 is 2.83 bits per heavy atom. The van der Waals surface area contributed by atoms with Gasteiger partial charge in [0.25, 0.3) is 0 Å². The molecule has 1 heterocycles. The monoisotopic (exact) mass is 247 g/mol. The molecule has 0 saturated carbocycles. The highest BCUT2D eigenvalue weighted by atomic mass is 16.5. The molecule has 0 aromatic heterocycles. The van der Waals surface area contributed by atoms with Gasteiger partial charge in [0.05, 0.1) is 18.4 Å². The van der Waals surface area contributed by atoms with Crippen LogP contribution in [0.3, 0.4) is 0 Å². The zero-order valence-electron chi connectivity index (χ0n) is 11.4. The van der Waals surface area contributed by atoms with Crippen molar-refractivity contribution in [2.45, 2.75) is 26.7 Å². The maximum Gasteiger partial charge on any atom is 0.165 e. The summed E-state index contributed by atoms with van der Waals surface area (Å²) < 4.78 is 5.32. The lowest BCUT2D eigenvalue weighted by atomic mass is 9.98. The summed E-state index contributed by atoms with van der Waals surface area (Å²) in [6.45, 7) is 5.92. The maximum absolute atomic E-state index is 11.9. The topological polar surface area (TPSA) is 29.5 Å². The van der Waals surface area contributed by atoms with Gasteiger partial charge in [0.2, 0.25) is 0 Å². The Morgan fingerprint density at radius 2 is 2.22 bits per heavy atom. The van der Waals surface area contributed by atoms with Crippen molar-refractivity contribution in [2.75, 3.05) is 25.1 Å². The number of piperidine rings is 1. The van der Waals surface area contributed by atoms with E-state index in [1.807, 2.05) is 18.2 Å². The van der Waals surface area contributed by atoms with Gasteiger partial charge in [-0.2, -0.15) is 0 Å². The van der Waals surface area contributed by atoms with Crippen LogP contribution in [-0.4, -0.2) is 26.0 Å². The zero-order valence-corrected chi connectivity index (χ0v) is 11.4. The van der Waals surface area contributed by atoms with Gasteiger partial charge >= 0.3 is 0 Å². The molecule has 1 atom stereocenters. The van der Waals surface area contributed by atoms with Gasteiger partial charge in [-0.3, -0.25) is 4.79 Å². The van der Waals surface area contributed by atoms with Crippen LogP contribution in [-0.2, 0) is 0 Å². The second kappa shape index (κ2) is 5.42. The van der Waals surface area contributed by atoms with E-state index in [0.717, 1.165) is 18.8 Å². The third-order valence-electron chi connectivity index (χ3n) is 3.57. The number of carbonyl (C=O) groups excluding carboxylic acids is 1. The molecule has 0 aliphatic carbocycles. The summed E-state index contributed by atoms with van der Waals surface area (Å²) in [6.07, 6.45) is 2.46. The minimum absolute atomic E-state index is 0.0701. The number of ether oxygens (including phenoxy) is 1. The molecule has 1 aliphatic heterocycles. The number of rotatable bonds is 3. The summed E-state index contributed by atoms with van der Waals surface area (Å²) in [5.41, 5.74) is 1.74. The average molecular weight is 247 g/mol. The van der Waals surface area contributed by atoms with Crippen molar-refractivity contribution in [3.05, 3.63) is 23.8 Å². The Kier molecular flexibility index (Phi) is 3.90. The number of anilines is 1. The SMILES string of the molecule is COc1cccc(N2CCCC(C)C2)c1C(C)=O. The summed E-state index contributed by atoms with van der Waals surface area (Å²) in [5.74, 6) is 1.43. The molecule has 1 aromatic rings. The Bertz CT molecular complexity index is 442. The summed E-state index contributed by atoms with van der Waals surface area (Å²) in [6, 6.07) is 5.84. The second-order valence-electron chi connectivity index (χ2n) is 5.10. The van der Waals surface area contributed by atoms with Crippen LogP contribution in [0.25, 0.3) is 0 Å². The molecule has 3 heteroatoms. The van der Waals surface area contributed by atoms with Crippen LogP contribution >= 0.6 is 0 Å². The largest absolute Gasteiger partial charge is 0.496 e. The fraction of sp³-hybridized carbons (Fsp3) is 0.533. The van der Waals surface area contributed by atoms with Gasteiger partial charge < -0.3 is 9.64 Å². The molecule has 18 heavy (non-hydrogen) atoms. The summed E-state index contributed by atoms with van der Waals surface area (Å²) in [7, 11) is 1.62. The molecule has 1 fully saturated rings. The van der Waals surface area contributed by atoms with E-state index in [9.17, 15) is 4.79 Å². The van der Waals surface area contributed by atoms with Crippen LogP contribution in [0, 0.1) is 5.92 Å². The molecule has 1 aliphatic rings. The highest BCUT2D eigenvalue weighted by Crippen LogP contribution is 2.32. The molecule has 0 N–H and O–H groups in total. The number of hydrogen-bond donors (Lipinski definition) is 0. The standard InChI is InChI=1S/C15H21NO2/c1-11-6-5-9-16(10-11)13-7-4-8-14(18-3)15(13)12(2)17/h4,7-8,11H,5-6,9-10H2,1-3H3. The third kappa shape index (κ3) is 2.50. The van der Waals surface area contributed by atoms with Gasteiger partial charge in [0.1, 0.15) is 5.75 Å². The molecular formula is C15H21NO2. The minimum atomic E-state index is 0.0701. The highest BCUT2D eigenvalue weighted by molar-refractivity contribution is 6.02. The van der Waals surface area contributed by atoms with Gasteiger partial charge in [-0.05, 0) is 37.8 Å². The van der Waals surface area contributed by atoms with E-state index < -0.39 is 0 Å². The van der Waals surface area contributed by atoms with E-state index in [1.165, 1.54) is 12.8 Å². The van der Waals surface area contributed by atoms with Crippen molar-refractivity contribution in [2.24, 2.45) is 5.92 Å². The van der Waals surface area contributed by atoms with Gasteiger partial charge in [0.15, 0.2) is 5.78 Å². The molecule has 98 valence electrons. The summed E-state index contributed by atoms with van der Waals surface area (Å²) >= 11 is 0. The van der Waals surface area contributed by atoms with Crippen LogP contribution in [0.2, 0.25) is 0 Å². The van der Waals surface area contributed by atoms with Crippen LogP contribution in [0.1, 0.15) is 37.0 Å². The average Bonchev–Trinajstić information content (AvgIpc) is 2.37. The quantitative estimate of drug-likeness (QED) is 0.768. The number of Topliss-reactive ketones (excluding diaryl/α,β-unsaturated/α-hetero) is 1. The van der Waals surface area contributed by atoms with Crippen molar-refractivity contribution in [3.8, 4) is 5.75 Å². The number of methoxy groups -OCH3 is 1. The Morgan fingerprint density at radius 1 is 1.44 bits per heavy atom. The van der Waals surface area contributed by atoms with Gasteiger partial charge in [0, 0.05) is 13.1 Å². The van der Waals surface area contributed by atoms with Crippen LogP contribution in [0.15, 0.2) is 18.2 Å². The number of hydrogen-bond acceptors (Lipinski definition) is 3. The fourth-order valence-electron chi connectivity index (χ4n) is 2.72. The van der Waals surface area contributed by atoms with Crippen molar-refractivity contribution < 1.29 is 9.53 Å². The first-order chi connectivity index (χ1) is 8.63. The predicted octanol–water partition coefficient (Wildman–Crippen LogP) is 3.13. The Hall–Kier alpha value is -1.51. The Balaban J connectivity index is 2.40. The Labute approximate surface area is 109 Å². The second-order valence-corrected chi connectivity index (χ2v) is 5.10. The van der Waals surface area contributed by atoms with E-state index in [1.54, 1.807) is 14.0 Å². The van der Waals surface area contributed by atoms with E-state index in [-0.39, 0.29) is 5.78 Å². The maximum atomic E-state index is 11.9. The minimum Gasteiger partial charge on any atom is -0.496 e. The van der Waals surface area contributed by atoms with Gasteiger partial charge in [-0.1, -0.05) is 13.0 Å². The molecule has 0 radical (unpaired) electrons. The molecular weight excluding hydrogens is 226 g/mol. The molecule has 1 aromatic carbocycles. The number of nitrogens with zero attached hydrogens (tertiary/aromatic N) is 1. The van der Waals surface area contributed by atoms with E-state index >= 15 is 0 Å². The first-order valence-corrected chi connectivity index (χ1v) is 6.56. The number of ketones is 1. The molecule has 3 nitrogen and oxygen atoms in total. The fourth-order valence-corrected chi connectivity index (χ4v) is 2.72. The predicted molar refractivity (Wildman–Crippen MR) is 73.6 cm³/mol. The third-order valence-corrected chi connectivity index (χ3v) is 3.57. The molecule has 0 spiro atoms. The first-order valence-electron chi connectivity index (χ1n) is 6.56. The van der Waals surface area contributed by atoms with E-state index in [4.69, 9.17) is 4.74 Å². The van der Waals surface area contributed by atoms with Crippen molar-refractivity contribution in [1.82, 2.24) is 0 Å². The smallest absolute Gasteiger partial charge is 0.165 e. The lowest BCUT2D eigenvalue weighted by Gasteiger charge is -2.34. The van der Waals surface area contributed by atoms with Crippen molar-refractivity contribution in [1.29, 1.82) is 0 Å². The lowest BCUT2D eigenvalue weighted by Crippen LogP contribution is -2.35. The summed E-state index contributed by atoms with van der Waals surface area (Å²) in [4.78, 5) is 14.2. The number of benzene rings is 1. The normalized spacial score (nSPS) is 19.7. The molecule has 0 amide bonds. The van der Waals surface area contributed by atoms with Crippen LogP contribution in [0.5, 0.6) is 5.75 Å². The van der Waals surface area contributed by atoms with Crippen LogP contribution < -0.4 is 9.64 Å². The van der Waals surface area contributed by atoms with E-state index in [2.05, 4.69) is 11.8 Å². The molecule has 1 saturated heterocycles. The van der Waals surface area contributed by atoms with Gasteiger partial charge in [-0.25, -0.2) is 0 Å². The highest BCUT2D eigenvalue weighted by Gasteiger charge is 2.22. The number of carbonyl (C=O) groups is 1. The molecule has 0 bridgehead atoms. The first kappa shape index (κ1) is 12.9. The summed E-state index contributed by atoms with van der Waals surface area (Å²) in [5, 5.41) is 0. The zero-order chi connectivity index (χ0) is 13.1. The van der Waals surface area contributed by atoms with Crippen molar-refractivity contribution in [3.63, 3.8) is 0 Å². The molecule has 2 rings (SSSR count). The van der Waals surface area contributed by atoms with Crippen molar-refractivity contribution >= 4 is 11.5 Å². The van der Waals surface area contributed by atoms with Crippen LogP contribution in [0.4, 0.5) is 5.69 Å².